The van der Waals surface area contributed by atoms with Crippen molar-refractivity contribution in [3.63, 3.8) is 0 Å². The lowest BCUT2D eigenvalue weighted by atomic mass is 9.86. The molecule has 0 spiro atoms. The second-order valence-electron chi connectivity index (χ2n) is 6.82. The van der Waals surface area contributed by atoms with E-state index in [0.717, 1.165) is 19.3 Å². The summed E-state index contributed by atoms with van der Waals surface area (Å²) in [5, 5.41) is 9.79. The van der Waals surface area contributed by atoms with Crippen LogP contribution >= 0.6 is 0 Å². The van der Waals surface area contributed by atoms with Gasteiger partial charge < -0.3 is 9.84 Å². The highest BCUT2D eigenvalue weighted by Crippen LogP contribution is 2.26. The zero-order valence-corrected chi connectivity index (χ0v) is 14.5. The Morgan fingerprint density at radius 1 is 1.14 bits per heavy atom. The van der Waals surface area contributed by atoms with Gasteiger partial charge in [-0.15, -0.1) is 0 Å². The molecule has 0 aliphatic carbocycles. The molecular formula is C19H30O3. The van der Waals surface area contributed by atoms with Crippen LogP contribution in [0, 0.1) is 17.8 Å². The SMILES string of the molecule is CCC(CC(CC(C)C)OC(=O)c1ccccc1O)C(C)C. The minimum atomic E-state index is -0.428. The molecule has 0 saturated heterocycles. The molecule has 1 aromatic rings. The Morgan fingerprint density at radius 3 is 2.27 bits per heavy atom. The Labute approximate surface area is 134 Å². The molecule has 0 bridgehead atoms. The highest BCUT2D eigenvalue weighted by atomic mass is 16.5. The van der Waals surface area contributed by atoms with Crippen LogP contribution in [-0.4, -0.2) is 17.2 Å². The van der Waals surface area contributed by atoms with E-state index in [9.17, 15) is 9.90 Å². The van der Waals surface area contributed by atoms with E-state index in [1.54, 1.807) is 18.2 Å². The average molecular weight is 306 g/mol. The zero-order valence-electron chi connectivity index (χ0n) is 14.5. The first-order chi connectivity index (χ1) is 10.3. The number of ether oxygens (including phenoxy) is 1. The molecule has 3 heteroatoms. The van der Waals surface area contributed by atoms with Gasteiger partial charge >= 0.3 is 5.97 Å². The van der Waals surface area contributed by atoms with Gasteiger partial charge in [-0.3, -0.25) is 0 Å². The fourth-order valence-corrected chi connectivity index (χ4v) is 2.83. The quantitative estimate of drug-likeness (QED) is 0.685. The first kappa shape index (κ1) is 18.5. The van der Waals surface area contributed by atoms with Crippen LogP contribution < -0.4 is 0 Å². The third-order valence-electron chi connectivity index (χ3n) is 4.16. The van der Waals surface area contributed by atoms with Crippen LogP contribution in [0.3, 0.4) is 0 Å². The monoisotopic (exact) mass is 306 g/mol. The van der Waals surface area contributed by atoms with Crippen molar-refractivity contribution >= 4 is 5.97 Å². The Hall–Kier alpha value is -1.51. The van der Waals surface area contributed by atoms with E-state index in [1.165, 1.54) is 6.07 Å². The van der Waals surface area contributed by atoms with Crippen LogP contribution in [0.4, 0.5) is 0 Å². The average Bonchev–Trinajstić information content (AvgIpc) is 2.43. The molecular weight excluding hydrogens is 276 g/mol. The van der Waals surface area contributed by atoms with Crippen LogP contribution in [0.5, 0.6) is 5.75 Å². The summed E-state index contributed by atoms with van der Waals surface area (Å²) in [6.07, 6.45) is 2.72. The largest absolute Gasteiger partial charge is 0.507 e. The first-order valence-corrected chi connectivity index (χ1v) is 8.34. The van der Waals surface area contributed by atoms with Gasteiger partial charge in [0.05, 0.1) is 0 Å². The molecule has 0 aromatic heterocycles. The van der Waals surface area contributed by atoms with Gasteiger partial charge in [0, 0.05) is 0 Å². The standard InChI is InChI=1S/C19H30O3/c1-6-15(14(4)5)12-16(11-13(2)3)22-19(21)17-9-7-8-10-18(17)20/h7-10,13-16,20H,6,11-12H2,1-5H3. The highest BCUT2D eigenvalue weighted by Gasteiger charge is 2.23. The van der Waals surface area contributed by atoms with E-state index in [4.69, 9.17) is 4.74 Å². The van der Waals surface area contributed by atoms with Crippen LogP contribution in [0.2, 0.25) is 0 Å². The molecule has 0 radical (unpaired) electrons. The molecule has 3 nitrogen and oxygen atoms in total. The second-order valence-corrected chi connectivity index (χ2v) is 6.82. The second kappa shape index (κ2) is 8.82. The summed E-state index contributed by atoms with van der Waals surface area (Å²) in [5.41, 5.74) is 0.244. The topological polar surface area (TPSA) is 46.5 Å². The van der Waals surface area contributed by atoms with E-state index in [1.807, 2.05) is 0 Å². The summed E-state index contributed by atoms with van der Waals surface area (Å²) in [4.78, 5) is 12.3. The van der Waals surface area contributed by atoms with Gasteiger partial charge in [0.2, 0.25) is 0 Å². The molecule has 0 fully saturated rings. The molecule has 2 unspecified atom stereocenters. The fraction of sp³-hybridized carbons (Fsp3) is 0.632. The van der Waals surface area contributed by atoms with Gasteiger partial charge in [0.15, 0.2) is 0 Å². The Balaban J connectivity index is 2.80. The molecule has 124 valence electrons. The number of esters is 1. The third kappa shape index (κ3) is 5.70. The van der Waals surface area contributed by atoms with Crippen molar-refractivity contribution in [3.05, 3.63) is 29.8 Å². The number of phenolic OH excluding ortho intramolecular Hbond substituents is 1. The number of carbonyl (C=O) groups is 1. The van der Waals surface area contributed by atoms with Crippen LogP contribution in [0.15, 0.2) is 24.3 Å². The lowest BCUT2D eigenvalue weighted by Gasteiger charge is -2.26. The van der Waals surface area contributed by atoms with Crippen molar-refractivity contribution in [1.82, 2.24) is 0 Å². The van der Waals surface area contributed by atoms with Gasteiger partial charge in [-0.25, -0.2) is 4.79 Å². The highest BCUT2D eigenvalue weighted by molar-refractivity contribution is 5.92. The number of aromatic hydroxyl groups is 1. The van der Waals surface area contributed by atoms with Gasteiger partial charge in [0.1, 0.15) is 17.4 Å². The molecule has 1 aromatic carbocycles. The normalized spacial score (nSPS) is 14.1. The van der Waals surface area contributed by atoms with E-state index in [0.29, 0.717) is 17.8 Å². The molecule has 0 aliphatic rings. The van der Waals surface area contributed by atoms with Gasteiger partial charge in [0.25, 0.3) is 0 Å². The summed E-state index contributed by atoms with van der Waals surface area (Å²) in [5.74, 6) is 1.13. The van der Waals surface area contributed by atoms with Crippen LogP contribution in [0.25, 0.3) is 0 Å². The van der Waals surface area contributed by atoms with Crippen LogP contribution in [0.1, 0.15) is 64.2 Å². The van der Waals surface area contributed by atoms with E-state index >= 15 is 0 Å². The van der Waals surface area contributed by atoms with Gasteiger partial charge in [-0.05, 0) is 42.7 Å². The zero-order chi connectivity index (χ0) is 16.7. The molecule has 1 rings (SSSR count). The molecule has 0 amide bonds. The Bertz CT molecular complexity index is 466. The van der Waals surface area contributed by atoms with Gasteiger partial charge in [-0.2, -0.15) is 0 Å². The van der Waals surface area contributed by atoms with Crippen molar-refractivity contribution in [3.8, 4) is 5.75 Å². The first-order valence-electron chi connectivity index (χ1n) is 8.34. The number of hydrogen-bond acceptors (Lipinski definition) is 3. The van der Waals surface area contributed by atoms with Crippen molar-refractivity contribution in [2.75, 3.05) is 0 Å². The number of rotatable bonds is 8. The summed E-state index contributed by atoms with van der Waals surface area (Å²) in [6, 6.07) is 6.54. The van der Waals surface area contributed by atoms with Crippen molar-refractivity contribution in [2.45, 2.75) is 60.0 Å². The van der Waals surface area contributed by atoms with Crippen LogP contribution in [-0.2, 0) is 4.74 Å². The number of hydrogen-bond donors (Lipinski definition) is 1. The number of para-hydroxylation sites is 1. The van der Waals surface area contributed by atoms with E-state index in [-0.39, 0.29) is 17.4 Å². The molecule has 0 aliphatic heterocycles. The Morgan fingerprint density at radius 2 is 1.77 bits per heavy atom. The number of phenols is 1. The predicted molar refractivity (Wildman–Crippen MR) is 90.0 cm³/mol. The van der Waals surface area contributed by atoms with Crippen molar-refractivity contribution in [1.29, 1.82) is 0 Å². The number of carbonyl (C=O) groups excluding carboxylic acids is 1. The van der Waals surface area contributed by atoms with Crippen molar-refractivity contribution in [2.24, 2.45) is 17.8 Å². The summed E-state index contributed by atoms with van der Waals surface area (Å²) < 4.78 is 5.71. The number of benzene rings is 1. The smallest absolute Gasteiger partial charge is 0.342 e. The molecule has 1 N–H and O–H groups in total. The summed E-state index contributed by atoms with van der Waals surface area (Å²) in [7, 11) is 0. The minimum Gasteiger partial charge on any atom is -0.507 e. The van der Waals surface area contributed by atoms with E-state index < -0.39 is 5.97 Å². The Kier molecular flexibility index (Phi) is 7.43. The maximum Gasteiger partial charge on any atom is 0.342 e. The maximum atomic E-state index is 12.3. The molecule has 0 saturated carbocycles. The summed E-state index contributed by atoms with van der Waals surface area (Å²) in [6.45, 7) is 10.9. The lowest BCUT2D eigenvalue weighted by molar-refractivity contribution is 0.0160. The van der Waals surface area contributed by atoms with Crippen molar-refractivity contribution < 1.29 is 14.6 Å². The molecule has 0 heterocycles. The third-order valence-corrected chi connectivity index (χ3v) is 4.16. The lowest BCUT2D eigenvalue weighted by Crippen LogP contribution is -2.25. The summed E-state index contributed by atoms with van der Waals surface area (Å²) >= 11 is 0. The molecule has 22 heavy (non-hydrogen) atoms. The maximum absolute atomic E-state index is 12.3. The predicted octanol–water partition coefficient (Wildman–Crippen LogP) is 5.04. The van der Waals surface area contributed by atoms with E-state index in [2.05, 4.69) is 34.6 Å². The fourth-order valence-electron chi connectivity index (χ4n) is 2.83. The molecule has 2 atom stereocenters. The van der Waals surface area contributed by atoms with Gasteiger partial charge in [-0.1, -0.05) is 53.2 Å². The minimum absolute atomic E-state index is 0.0216.